The molecule has 7 heteroatoms. The third-order valence-corrected chi connectivity index (χ3v) is 5.43. The van der Waals surface area contributed by atoms with Crippen LogP contribution in [0.15, 0.2) is 71.8 Å². The Labute approximate surface area is 197 Å². The Morgan fingerprint density at radius 2 is 1.59 bits per heavy atom. The largest absolute Gasteiger partial charge is 0.322 e. The van der Waals surface area contributed by atoms with Gasteiger partial charge in [-0.05, 0) is 66.4 Å². The lowest BCUT2D eigenvalue weighted by Crippen LogP contribution is -2.19. The summed E-state index contributed by atoms with van der Waals surface area (Å²) in [6.07, 6.45) is 0. The molecule has 0 fully saturated rings. The molecule has 5 nitrogen and oxygen atoms in total. The van der Waals surface area contributed by atoms with Crippen molar-refractivity contribution < 1.29 is 9.59 Å². The maximum atomic E-state index is 12.5. The summed E-state index contributed by atoms with van der Waals surface area (Å²) in [5.41, 5.74) is 6.52. The molecule has 0 saturated heterocycles. The molecule has 3 aromatic carbocycles. The minimum absolute atomic E-state index is 0.271. The second-order valence-corrected chi connectivity index (χ2v) is 8.42. The zero-order valence-electron chi connectivity index (χ0n) is 17.9. The number of carbonyl (C=O) groups is 2. The summed E-state index contributed by atoms with van der Waals surface area (Å²) in [6, 6.07) is 19.3. The first-order chi connectivity index (χ1) is 15.2. The molecule has 0 bridgehead atoms. The fraction of sp³-hybridized carbons (Fsp3) is 0.160. The van der Waals surface area contributed by atoms with Gasteiger partial charge in [0.25, 0.3) is 11.8 Å². The van der Waals surface area contributed by atoms with Crippen molar-refractivity contribution in [3.63, 3.8) is 0 Å². The number of hydrazone groups is 1. The van der Waals surface area contributed by atoms with E-state index in [9.17, 15) is 9.59 Å². The van der Waals surface area contributed by atoms with Crippen molar-refractivity contribution in [1.82, 2.24) is 5.43 Å². The third-order valence-electron chi connectivity index (χ3n) is 4.88. The lowest BCUT2D eigenvalue weighted by atomic mass is 10.0. The van der Waals surface area contributed by atoms with Crippen LogP contribution in [0.4, 0.5) is 5.69 Å². The van der Waals surface area contributed by atoms with Crippen LogP contribution in [0.3, 0.4) is 0 Å². The van der Waals surface area contributed by atoms with E-state index in [1.807, 2.05) is 18.2 Å². The van der Waals surface area contributed by atoms with Gasteiger partial charge in [-0.1, -0.05) is 61.3 Å². The molecule has 0 aliphatic carbocycles. The van der Waals surface area contributed by atoms with Crippen molar-refractivity contribution >= 4 is 46.4 Å². The Morgan fingerprint density at radius 1 is 0.875 bits per heavy atom. The van der Waals surface area contributed by atoms with Crippen molar-refractivity contribution in [2.75, 3.05) is 5.32 Å². The van der Waals surface area contributed by atoms with Crippen LogP contribution in [-0.4, -0.2) is 17.5 Å². The van der Waals surface area contributed by atoms with Gasteiger partial charge in [0.2, 0.25) is 0 Å². The molecule has 0 radical (unpaired) electrons. The number of nitrogens with zero attached hydrogens (tertiary/aromatic N) is 1. The highest BCUT2D eigenvalue weighted by Crippen LogP contribution is 2.22. The van der Waals surface area contributed by atoms with E-state index in [1.165, 1.54) is 11.6 Å². The zero-order valence-corrected chi connectivity index (χ0v) is 19.5. The van der Waals surface area contributed by atoms with E-state index < -0.39 is 0 Å². The van der Waals surface area contributed by atoms with Gasteiger partial charge in [-0.15, -0.1) is 0 Å². The average Bonchev–Trinajstić information content (AvgIpc) is 2.77. The summed E-state index contributed by atoms with van der Waals surface area (Å²) < 4.78 is 0. The number of carbonyl (C=O) groups excluding carboxylic acids is 2. The summed E-state index contributed by atoms with van der Waals surface area (Å²) in [4.78, 5) is 24.9. The number of amides is 2. The van der Waals surface area contributed by atoms with E-state index in [2.05, 4.69) is 29.7 Å². The fourth-order valence-corrected chi connectivity index (χ4v) is 3.47. The first kappa shape index (κ1) is 23.5. The molecule has 2 amide bonds. The van der Waals surface area contributed by atoms with E-state index in [4.69, 9.17) is 23.2 Å². The highest BCUT2D eigenvalue weighted by Gasteiger charge is 2.12. The summed E-state index contributed by atoms with van der Waals surface area (Å²) in [5, 5.41) is 7.74. The van der Waals surface area contributed by atoms with Gasteiger partial charge in [-0.2, -0.15) is 5.10 Å². The second-order valence-electron chi connectivity index (χ2n) is 7.57. The van der Waals surface area contributed by atoms with E-state index in [-0.39, 0.29) is 16.8 Å². The van der Waals surface area contributed by atoms with Crippen LogP contribution in [0.25, 0.3) is 0 Å². The monoisotopic (exact) mass is 467 g/mol. The van der Waals surface area contributed by atoms with Crippen LogP contribution in [0, 0.1) is 0 Å². The summed E-state index contributed by atoms with van der Waals surface area (Å²) in [7, 11) is 0. The number of hydrogen-bond donors (Lipinski definition) is 2. The normalized spacial score (nSPS) is 11.4. The predicted molar refractivity (Wildman–Crippen MR) is 131 cm³/mol. The fourth-order valence-electron chi connectivity index (χ4n) is 2.98. The first-order valence-electron chi connectivity index (χ1n) is 10.1. The van der Waals surface area contributed by atoms with Gasteiger partial charge < -0.3 is 5.32 Å². The smallest absolute Gasteiger partial charge is 0.271 e. The quantitative estimate of drug-likeness (QED) is 0.319. The molecule has 0 saturated carbocycles. The van der Waals surface area contributed by atoms with Crippen molar-refractivity contribution in [2.45, 2.75) is 26.7 Å². The van der Waals surface area contributed by atoms with Gasteiger partial charge >= 0.3 is 0 Å². The molecule has 0 aliphatic rings. The Balaban J connectivity index is 1.68. The Bertz CT molecular complexity index is 1170. The van der Waals surface area contributed by atoms with Crippen LogP contribution in [0.5, 0.6) is 0 Å². The molecule has 0 atom stereocenters. The van der Waals surface area contributed by atoms with E-state index in [0.717, 1.165) is 5.56 Å². The Hall–Kier alpha value is -3.15. The maximum Gasteiger partial charge on any atom is 0.271 e. The molecule has 3 rings (SSSR count). The van der Waals surface area contributed by atoms with Gasteiger partial charge in [0, 0.05) is 16.3 Å². The van der Waals surface area contributed by atoms with Crippen LogP contribution in [0.1, 0.15) is 58.5 Å². The highest BCUT2D eigenvalue weighted by atomic mass is 35.5. The molecule has 0 aromatic heterocycles. The van der Waals surface area contributed by atoms with Gasteiger partial charge in [-0.3, -0.25) is 9.59 Å². The lowest BCUT2D eigenvalue weighted by Gasteiger charge is -2.09. The molecular formula is C25H23Cl2N3O2. The van der Waals surface area contributed by atoms with Gasteiger partial charge in [0.15, 0.2) is 0 Å². The number of halogens is 2. The third kappa shape index (κ3) is 5.96. The summed E-state index contributed by atoms with van der Waals surface area (Å²) in [5.74, 6) is -0.242. The second kappa shape index (κ2) is 10.4. The van der Waals surface area contributed by atoms with E-state index >= 15 is 0 Å². The van der Waals surface area contributed by atoms with Crippen molar-refractivity contribution in [3.05, 3.63) is 99.0 Å². The Morgan fingerprint density at radius 3 is 2.25 bits per heavy atom. The molecule has 3 aromatic rings. The van der Waals surface area contributed by atoms with Gasteiger partial charge in [-0.25, -0.2) is 5.43 Å². The van der Waals surface area contributed by atoms with Crippen LogP contribution < -0.4 is 10.7 Å². The molecule has 164 valence electrons. The molecule has 0 unspecified atom stereocenters. The number of nitrogens with one attached hydrogen (secondary N) is 2. The van der Waals surface area contributed by atoms with Crippen molar-refractivity contribution in [1.29, 1.82) is 0 Å². The van der Waals surface area contributed by atoms with E-state index in [1.54, 1.807) is 49.4 Å². The number of hydrogen-bond acceptors (Lipinski definition) is 3. The van der Waals surface area contributed by atoms with Crippen molar-refractivity contribution in [2.24, 2.45) is 5.10 Å². The van der Waals surface area contributed by atoms with Gasteiger partial charge in [0.1, 0.15) is 0 Å². The summed E-state index contributed by atoms with van der Waals surface area (Å²) in [6.45, 7) is 5.98. The predicted octanol–water partition coefficient (Wildman–Crippen LogP) is 6.52. The minimum Gasteiger partial charge on any atom is -0.322 e. The highest BCUT2D eigenvalue weighted by molar-refractivity contribution is 6.37. The number of rotatable bonds is 6. The maximum absolute atomic E-state index is 12.5. The molecule has 2 N–H and O–H groups in total. The summed E-state index contributed by atoms with van der Waals surface area (Å²) >= 11 is 12.0. The average molecular weight is 468 g/mol. The number of anilines is 1. The van der Waals surface area contributed by atoms with E-state index in [0.29, 0.717) is 33.5 Å². The van der Waals surface area contributed by atoms with Crippen LogP contribution >= 0.6 is 23.2 Å². The minimum atomic E-state index is -0.350. The standard InChI is InChI=1S/C25H23Cl2N3O2/c1-15(2)17-7-9-18(10-8-17)24(31)30-29-16(3)19-5-4-6-21(13-19)28-25(32)22-12-11-20(26)14-23(22)27/h4-15H,1-3H3,(H,28,32)(H,30,31). The lowest BCUT2D eigenvalue weighted by molar-refractivity contribution is 0.0954. The number of benzene rings is 3. The van der Waals surface area contributed by atoms with Gasteiger partial charge in [0.05, 0.1) is 16.3 Å². The SMILES string of the molecule is CC(=NNC(=O)c1ccc(C(C)C)cc1)c1cccc(NC(=O)c2ccc(Cl)cc2Cl)c1. The topological polar surface area (TPSA) is 70.6 Å². The molecule has 32 heavy (non-hydrogen) atoms. The first-order valence-corrected chi connectivity index (χ1v) is 10.8. The molecular weight excluding hydrogens is 445 g/mol. The van der Waals surface area contributed by atoms with Crippen LogP contribution in [0.2, 0.25) is 10.0 Å². The molecule has 0 heterocycles. The zero-order chi connectivity index (χ0) is 23.3. The van der Waals surface area contributed by atoms with Crippen LogP contribution in [-0.2, 0) is 0 Å². The Kier molecular flexibility index (Phi) is 7.67. The molecule has 0 spiro atoms. The molecule has 0 aliphatic heterocycles. The van der Waals surface area contributed by atoms with Crippen molar-refractivity contribution in [3.8, 4) is 0 Å².